The Balaban J connectivity index is 0.000000494. The fourth-order valence-electron chi connectivity index (χ4n) is 0.946. The molecule has 0 fully saturated rings. The Bertz CT molecular complexity index is 416. The number of benzene rings is 1. The molecule has 100 valence electrons. The van der Waals surface area contributed by atoms with Crippen LogP contribution in [0.4, 0.5) is 23.0 Å². The van der Waals surface area contributed by atoms with Crippen molar-refractivity contribution in [2.24, 2.45) is 0 Å². The van der Waals surface area contributed by atoms with Crippen molar-refractivity contribution in [3.05, 3.63) is 33.8 Å². The zero-order chi connectivity index (χ0) is 14.2. The Hall–Kier alpha value is -1.33. The van der Waals surface area contributed by atoms with Crippen LogP contribution >= 0.6 is 11.6 Å². The van der Waals surface area contributed by atoms with Gasteiger partial charge in [0.15, 0.2) is 4.98 Å². The zero-order valence-corrected chi connectivity index (χ0v) is 10.2. The summed E-state index contributed by atoms with van der Waals surface area (Å²) in [6.07, 6.45) is 0. The first-order valence-corrected chi connectivity index (χ1v) is 5.24. The second-order valence-electron chi connectivity index (χ2n) is 3.01. The van der Waals surface area contributed by atoms with Crippen LogP contribution < -0.4 is 0 Å². The van der Waals surface area contributed by atoms with Crippen molar-refractivity contribution in [2.45, 2.75) is 13.5 Å². The molecule has 0 bridgehead atoms. The summed E-state index contributed by atoms with van der Waals surface area (Å²) in [6, 6.07) is 5.01. The van der Waals surface area contributed by atoms with E-state index in [1.165, 1.54) is 0 Å². The summed E-state index contributed by atoms with van der Waals surface area (Å²) in [6.45, 7) is 2.99. The molecule has 9 heteroatoms. The van der Waals surface area contributed by atoms with Crippen molar-refractivity contribution < 1.29 is 22.0 Å². The predicted molar refractivity (Wildman–Crippen MR) is 61.7 cm³/mol. The van der Waals surface area contributed by atoms with Gasteiger partial charge >= 0.3 is 12.9 Å². The van der Waals surface area contributed by atoms with Crippen LogP contribution in [0.3, 0.4) is 0 Å². The zero-order valence-electron chi connectivity index (χ0n) is 9.42. The molecule has 0 saturated carbocycles. The normalized spacial score (nSPS) is 10.3. The van der Waals surface area contributed by atoms with Gasteiger partial charge in [-0.2, -0.15) is 0 Å². The molecule has 0 unspecified atom stereocenters. The summed E-state index contributed by atoms with van der Waals surface area (Å²) >= 11 is 5.89. The third-order valence-electron chi connectivity index (χ3n) is 1.61. The van der Waals surface area contributed by atoms with Crippen LogP contribution in [0.15, 0.2) is 18.2 Å². The molecule has 1 aromatic rings. The van der Waals surface area contributed by atoms with E-state index in [9.17, 15) is 17.3 Å². The minimum absolute atomic E-state index is 0.443. The van der Waals surface area contributed by atoms with Gasteiger partial charge in [-0.15, -0.1) is 0 Å². The topological polar surface area (TPSA) is 37.4 Å². The van der Waals surface area contributed by atoms with E-state index in [1.807, 2.05) is 6.92 Å². The molecule has 0 saturated heterocycles. The molecule has 1 aromatic carbocycles. The monoisotopic (exact) mass is 284 g/mol. The number of diazo groups is 1. The van der Waals surface area contributed by atoms with E-state index in [4.69, 9.17) is 21.7 Å². The molecular weight excluding hydrogens is 274 g/mol. The lowest BCUT2D eigenvalue weighted by atomic mass is 10.2. The average molecular weight is 284 g/mol. The van der Waals surface area contributed by atoms with Gasteiger partial charge < -0.3 is 22.0 Å². The van der Waals surface area contributed by atoms with E-state index in [-0.39, 0.29) is 0 Å². The lowest BCUT2D eigenvalue weighted by Gasteiger charge is -2.01. The third-order valence-corrected chi connectivity index (χ3v) is 1.98. The van der Waals surface area contributed by atoms with Crippen LogP contribution in [-0.2, 0) is 11.3 Å². The molecular formula is C9H10BClF4N2O. The Morgan fingerprint density at radius 3 is 2.33 bits per heavy atom. The fraction of sp³-hybridized carbons (Fsp3) is 0.333. The average Bonchev–Trinajstić information content (AvgIpc) is 2.26. The van der Waals surface area contributed by atoms with Gasteiger partial charge in [-0.3, -0.25) is 0 Å². The lowest BCUT2D eigenvalue weighted by molar-refractivity contribution is 0.134. The SMILES string of the molecule is CCOCc1cc([N+]#N)ccc1Cl.F[B-](F)(F)F. The van der Waals surface area contributed by atoms with Crippen LogP contribution in [0, 0.1) is 5.39 Å². The summed E-state index contributed by atoms with van der Waals surface area (Å²) < 4.78 is 44.2. The quantitative estimate of drug-likeness (QED) is 0.460. The summed E-state index contributed by atoms with van der Waals surface area (Å²) in [5.41, 5.74) is 1.32. The highest BCUT2D eigenvalue weighted by Crippen LogP contribution is 2.22. The molecule has 0 spiro atoms. The molecule has 0 N–H and O–H groups in total. The largest absolute Gasteiger partial charge is 0.673 e. The van der Waals surface area contributed by atoms with E-state index in [2.05, 4.69) is 4.98 Å². The lowest BCUT2D eigenvalue weighted by Crippen LogP contribution is -2.02. The molecule has 0 radical (unpaired) electrons. The summed E-state index contributed by atoms with van der Waals surface area (Å²) in [7, 11) is -6.00. The first kappa shape index (κ1) is 16.7. The maximum atomic E-state index is 9.75. The van der Waals surface area contributed by atoms with Crippen molar-refractivity contribution >= 4 is 24.5 Å². The van der Waals surface area contributed by atoms with E-state index in [0.717, 1.165) is 5.56 Å². The Morgan fingerprint density at radius 2 is 1.89 bits per heavy atom. The minimum Gasteiger partial charge on any atom is -0.418 e. The molecule has 18 heavy (non-hydrogen) atoms. The van der Waals surface area contributed by atoms with Crippen LogP contribution in [-0.4, -0.2) is 13.9 Å². The van der Waals surface area contributed by atoms with Crippen molar-refractivity contribution in [1.82, 2.24) is 0 Å². The summed E-state index contributed by atoms with van der Waals surface area (Å²) in [4.78, 5) is 3.07. The van der Waals surface area contributed by atoms with Gasteiger partial charge in [0, 0.05) is 29.3 Å². The van der Waals surface area contributed by atoms with E-state index < -0.39 is 7.25 Å². The molecule has 0 heterocycles. The van der Waals surface area contributed by atoms with Crippen LogP contribution in [0.1, 0.15) is 12.5 Å². The molecule has 0 aliphatic carbocycles. The van der Waals surface area contributed by atoms with Crippen molar-refractivity contribution in [3.8, 4) is 0 Å². The van der Waals surface area contributed by atoms with Gasteiger partial charge in [-0.1, -0.05) is 11.6 Å². The Labute approximate surface area is 106 Å². The summed E-state index contributed by atoms with van der Waals surface area (Å²) in [5.74, 6) is 0. The van der Waals surface area contributed by atoms with Crippen molar-refractivity contribution in [2.75, 3.05) is 6.61 Å². The minimum atomic E-state index is -6.00. The second kappa shape index (κ2) is 7.90. The van der Waals surface area contributed by atoms with Crippen molar-refractivity contribution in [1.29, 1.82) is 5.39 Å². The molecule has 0 atom stereocenters. The second-order valence-corrected chi connectivity index (χ2v) is 3.41. The molecule has 1 rings (SSSR count). The molecule has 0 aliphatic rings. The molecule has 3 nitrogen and oxygen atoms in total. The van der Waals surface area contributed by atoms with Crippen LogP contribution in [0.25, 0.3) is 4.98 Å². The van der Waals surface area contributed by atoms with Gasteiger partial charge in [0.1, 0.15) is 0 Å². The predicted octanol–water partition coefficient (Wildman–Crippen LogP) is 4.66. The van der Waals surface area contributed by atoms with Gasteiger partial charge in [0.2, 0.25) is 5.39 Å². The molecule has 0 aliphatic heterocycles. The number of halogens is 5. The Kier molecular flexibility index (Phi) is 7.32. The Morgan fingerprint density at radius 1 is 1.33 bits per heavy atom. The van der Waals surface area contributed by atoms with Gasteiger partial charge in [0.25, 0.3) is 0 Å². The van der Waals surface area contributed by atoms with Crippen LogP contribution in [0.2, 0.25) is 5.02 Å². The molecule has 0 amide bonds. The van der Waals surface area contributed by atoms with Crippen molar-refractivity contribution in [3.63, 3.8) is 0 Å². The highest BCUT2D eigenvalue weighted by Gasteiger charge is 2.20. The highest BCUT2D eigenvalue weighted by atomic mass is 35.5. The third kappa shape index (κ3) is 8.78. The maximum Gasteiger partial charge on any atom is 0.673 e. The fourth-order valence-corrected chi connectivity index (χ4v) is 1.12. The molecule has 0 aromatic heterocycles. The number of hydrogen-bond acceptors (Lipinski definition) is 2. The van der Waals surface area contributed by atoms with E-state index >= 15 is 0 Å². The highest BCUT2D eigenvalue weighted by molar-refractivity contribution is 6.50. The van der Waals surface area contributed by atoms with Gasteiger partial charge in [-0.05, 0) is 13.0 Å². The standard InChI is InChI=1S/C9H10ClN2O.BF4/c1-2-13-6-7-5-8(12-11)3-4-9(7)10;2-1(3,4)5/h3-5H,2,6H2,1H3;/q+1;-1. The maximum absolute atomic E-state index is 9.75. The number of ether oxygens (including phenoxy) is 1. The van der Waals surface area contributed by atoms with Crippen LogP contribution in [0.5, 0.6) is 0 Å². The number of rotatable bonds is 3. The summed E-state index contributed by atoms with van der Waals surface area (Å²) in [5, 5.41) is 9.15. The van der Waals surface area contributed by atoms with E-state index in [0.29, 0.717) is 23.9 Å². The number of nitrogens with zero attached hydrogens (tertiary/aromatic N) is 2. The number of hydrogen-bond donors (Lipinski definition) is 0. The van der Waals surface area contributed by atoms with E-state index in [1.54, 1.807) is 18.2 Å². The van der Waals surface area contributed by atoms with Gasteiger partial charge in [0.05, 0.1) is 6.61 Å². The smallest absolute Gasteiger partial charge is 0.418 e. The first-order chi connectivity index (χ1) is 8.27. The van der Waals surface area contributed by atoms with Gasteiger partial charge in [-0.25, -0.2) is 0 Å². The first-order valence-electron chi connectivity index (χ1n) is 4.86.